The minimum absolute atomic E-state index is 0.0236. The van der Waals surface area contributed by atoms with Gasteiger partial charge in [0.2, 0.25) is 0 Å². The zero-order valence-corrected chi connectivity index (χ0v) is 12.1. The van der Waals surface area contributed by atoms with Crippen LogP contribution in [0.4, 0.5) is 9.59 Å². The number of hydrogen-bond acceptors (Lipinski definition) is 5. The van der Waals surface area contributed by atoms with Crippen molar-refractivity contribution in [3.8, 4) is 11.1 Å². The van der Waals surface area contributed by atoms with Gasteiger partial charge in [-0.05, 0) is 25.0 Å². The van der Waals surface area contributed by atoms with Crippen LogP contribution in [-0.4, -0.2) is 34.0 Å². The average Bonchev–Trinajstić information content (AvgIpc) is 3.02. The summed E-state index contributed by atoms with van der Waals surface area (Å²) in [7, 11) is 0. The van der Waals surface area contributed by atoms with E-state index in [1.165, 1.54) is 0 Å². The van der Waals surface area contributed by atoms with Crippen molar-refractivity contribution < 1.29 is 24.0 Å². The van der Waals surface area contributed by atoms with E-state index in [9.17, 15) is 9.59 Å². The topological polar surface area (TPSA) is 92.9 Å². The fourth-order valence-corrected chi connectivity index (χ4v) is 2.65. The second kappa shape index (κ2) is 5.18. The summed E-state index contributed by atoms with van der Waals surface area (Å²) in [6, 6.07) is 6.65. The molecule has 7 heteroatoms. The molecule has 7 nitrogen and oxygen atoms in total. The highest BCUT2D eigenvalue weighted by molar-refractivity contribution is 5.88. The van der Waals surface area contributed by atoms with Crippen molar-refractivity contribution in [1.82, 2.24) is 10.1 Å². The van der Waals surface area contributed by atoms with E-state index in [-0.39, 0.29) is 6.61 Å². The van der Waals surface area contributed by atoms with Crippen LogP contribution in [0.25, 0.3) is 11.1 Å². The molecule has 2 heterocycles. The summed E-state index contributed by atoms with van der Waals surface area (Å²) in [4.78, 5) is 23.3. The lowest BCUT2D eigenvalue weighted by atomic mass is 10.00. The third-order valence-electron chi connectivity index (χ3n) is 3.70. The quantitative estimate of drug-likeness (QED) is 0.916. The number of imide groups is 1. The lowest BCUT2D eigenvalue weighted by Crippen LogP contribution is -2.32. The second-order valence-corrected chi connectivity index (χ2v) is 5.07. The molecule has 1 aromatic heterocycles. The van der Waals surface area contributed by atoms with Gasteiger partial charge in [0.05, 0.1) is 5.69 Å². The Morgan fingerprint density at radius 2 is 2.00 bits per heavy atom. The normalized spacial score (nSPS) is 17.6. The predicted octanol–water partition coefficient (Wildman–Crippen LogP) is 3.13. The standard InChI is InChI=1S/C15H14N2O5/c1-8-13(9(2)22-16-8)11-5-3-10(4-6-11)12-7-21-15(20)17(12)14(18)19/h3-6,12H,7H2,1-2H3,(H,18,19)/t12-/m0/s1. The van der Waals surface area contributed by atoms with Crippen LogP contribution in [0, 0.1) is 13.8 Å². The van der Waals surface area contributed by atoms with Crippen LogP contribution in [0.15, 0.2) is 28.8 Å². The number of ether oxygens (including phenoxy) is 1. The SMILES string of the molecule is Cc1noc(C)c1-c1ccc([C@@H]2COC(=O)N2C(=O)O)cc1. The van der Waals surface area contributed by atoms with Crippen molar-refractivity contribution in [2.24, 2.45) is 0 Å². The van der Waals surface area contributed by atoms with Crippen molar-refractivity contribution in [2.45, 2.75) is 19.9 Å². The first-order chi connectivity index (χ1) is 10.5. The van der Waals surface area contributed by atoms with Gasteiger partial charge in [-0.2, -0.15) is 0 Å². The van der Waals surface area contributed by atoms with Crippen LogP contribution in [0.2, 0.25) is 0 Å². The van der Waals surface area contributed by atoms with Gasteiger partial charge in [-0.15, -0.1) is 0 Å². The van der Waals surface area contributed by atoms with Crippen LogP contribution in [-0.2, 0) is 4.74 Å². The summed E-state index contributed by atoms with van der Waals surface area (Å²) in [5.74, 6) is 0.719. The second-order valence-electron chi connectivity index (χ2n) is 5.07. The van der Waals surface area contributed by atoms with Crippen molar-refractivity contribution in [3.05, 3.63) is 41.3 Å². The first-order valence-corrected chi connectivity index (χ1v) is 6.71. The summed E-state index contributed by atoms with van der Waals surface area (Å²) in [6.45, 7) is 3.71. The van der Waals surface area contributed by atoms with E-state index in [1.54, 1.807) is 12.1 Å². The predicted molar refractivity (Wildman–Crippen MR) is 75.4 cm³/mol. The Balaban J connectivity index is 1.92. The van der Waals surface area contributed by atoms with E-state index in [0.717, 1.165) is 22.6 Å². The summed E-state index contributed by atoms with van der Waals surface area (Å²) >= 11 is 0. The summed E-state index contributed by atoms with van der Waals surface area (Å²) in [6.07, 6.45) is -2.16. The van der Waals surface area contributed by atoms with Gasteiger partial charge in [0, 0.05) is 5.56 Å². The van der Waals surface area contributed by atoms with E-state index < -0.39 is 18.2 Å². The monoisotopic (exact) mass is 302 g/mol. The number of nitrogens with zero attached hydrogens (tertiary/aromatic N) is 2. The van der Waals surface area contributed by atoms with Crippen LogP contribution < -0.4 is 0 Å². The number of benzene rings is 1. The number of aromatic nitrogens is 1. The molecule has 0 radical (unpaired) electrons. The zero-order chi connectivity index (χ0) is 15.9. The highest BCUT2D eigenvalue weighted by Gasteiger charge is 2.39. The molecule has 1 aliphatic rings. The maximum atomic E-state index is 11.4. The molecule has 0 unspecified atom stereocenters. The highest BCUT2D eigenvalue weighted by Crippen LogP contribution is 2.31. The number of carbonyl (C=O) groups excluding carboxylic acids is 1. The number of aryl methyl sites for hydroxylation is 2. The zero-order valence-electron chi connectivity index (χ0n) is 12.1. The molecule has 0 spiro atoms. The molecular formula is C15H14N2O5. The molecule has 1 atom stereocenters. The maximum Gasteiger partial charge on any atom is 0.420 e. The van der Waals surface area contributed by atoms with Crippen molar-refractivity contribution in [3.63, 3.8) is 0 Å². The minimum Gasteiger partial charge on any atom is -0.465 e. The summed E-state index contributed by atoms with van der Waals surface area (Å²) in [5.41, 5.74) is 3.33. The molecule has 2 aromatic rings. The third-order valence-corrected chi connectivity index (χ3v) is 3.70. The Labute approximate surface area is 126 Å². The Hall–Kier alpha value is -2.83. The van der Waals surface area contributed by atoms with Crippen molar-refractivity contribution in [2.75, 3.05) is 6.61 Å². The summed E-state index contributed by atoms with van der Waals surface area (Å²) in [5, 5.41) is 13.0. The van der Waals surface area contributed by atoms with Gasteiger partial charge < -0.3 is 14.4 Å². The van der Waals surface area contributed by atoms with E-state index in [4.69, 9.17) is 14.4 Å². The molecule has 1 fully saturated rings. The molecule has 1 saturated heterocycles. The average molecular weight is 302 g/mol. The first-order valence-electron chi connectivity index (χ1n) is 6.71. The van der Waals surface area contributed by atoms with Crippen LogP contribution in [0.1, 0.15) is 23.1 Å². The van der Waals surface area contributed by atoms with Gasteiger partial charge in [0.15, 0.2) is 0 Å². The lowest BCUT2D eigenvalue weighted by Gasteiger charge is -2.16. The molecule has 1 aliphatic heterocycles. The Morgan fingerprint density at radius 3 is 2.55 bits per heavy atom. The molecular weight excluding hydrogens is 288 g/mol. The largest absolute Gasteiger partial charge is 0.465 e. The van der Waals surface area contributed by atoms with Crippen molar-refractivity contribution >= 4 is 12.2 Å². The number of carbonyl (C=O) groups is 2. The number of hydrogen-bond donors (Lipinski definition) is 1. The van der Waals surface area contributed by atoms with Crippen LogP contribution in [0.3, 0.4) is 0 Å². The molecule has 1 aromatic carbocycles. The Morgan fingerprint density at radius 1 is 1.32 bits per heavy atom. The highest BCUT2D eigenvalue weighted by atomic mass is 16.6. The summed E-state index contributed by atoms with van der Waals surface area (Å²) < 4.78 is 9.96. The van der Waals surface area contributed by atoms with Gasteiger partial charge in [-0.25, -0.2) is 14.5 Å². The van der Waals surface area contributed by atoms with E-state index in [1.807, 2.05) is 26.0 Å². The molecule has 1 N–H and O–H groups in total. The van der Waals surface area contributed by atoms with E-state index in [2.05, 4.69) is 5.16 Å². The minimum atomic E-state index is -1.32. The van der Waals surface area contributed by atoms with Crippen molar-refractivity contribution in [1.29, 1.82) is 0 Å². The molecule has 2 amide bonds. The van der Waals surface area contributed by atoms with Gasteiger partial charge in [0.1, 0.15) is 18.4 Å². The molecule has 3 rings (SSSR count). The number of amides is 2. The van der Waals surface area contributed by atoms with Gasteiger partial charge in [0.25, 0.3) is 0 Å². The van der Waals surface area contributed by atoms with Gasteiger partial charge in [-0.3, -0.25) is 0 Å². The fourth-order valence-electron chi connectivity index (χ4n) is 2.65. The Kier molecular flexibility index (Phi) is 3.32. The number of rotatable bonds is 2. The first kappa shape index (κ1) is 14.1. The van der Waals surface area contributed by atoms with E-state index in [0.29, 0.717) is 10.5 Å². The smallest absolute Gasteiger partial charge is 0.420 e. The molecule has 0 saturated carbocycles. The third kappa shape index (κ3) is 2.20. The van der Waals surface area contributed by atoms with E-state index >= 15 is 0 Å². The molecule has 0 aliphatic carbocycles. The van der Waals surface area contributed by atoms with Crippen LogP contribution >= 0.6 is 0 Å². The molecule has 22 heavy (non-hydrogen) atoms. The molecule has 114 valence electrons. The van der Waals surface area contributed by atoms with Crippen LogP contribution in [0.5, 0.6) is 0 Å². The van der Waals surface area contributed by atoms with Gasteiger partial charge in [-0.1, -0.05) is 29.4 Å². The van der Waals surface area contributed by atoms with Gasteiger partial charge >= 0.3 is 12.2 Å². The molecule has 0 bridgehead atoms. The fraction of sp³-hybridized carbons (Fsp3) is 0.267. The number of carboxylic acid groups (broad SMARTS) is 1. The Bertz CT molecular complexity index is 715. The maximum absolute atomic E-state index is 11.4. The number of cyclic esters (lactones) is 1. The lowest BCUT2D eigenvalue weighted by molar-refractivity contribution is 0.135.